The van der Waals surface area contributed by atoms with Crippen LogP contribution in [0.5, 0.6) is 0 Å². The molecule has 0 amide bonds. The summed E-state index contributed by atoms with van der Waals surface area (Å²) in [6, 6.07) is 0. The number of methoxy groups -OCH3 is 1. The molecule has 1 atom stereocenters. The quantitative estimate of drug-likeness (QED) is 0.726. The van der Waals surface area contributed by atoms with Crippen molar-refractivity contribution >= 4 is 5.78 Å². The molecule has 1 fully saturated rings. The van der Waals surface area contributed by atoms with E-state index in [-0.39, 0.29) is 5.92 Å². The van der Waals surface area contributed by atoms with Crippen LogP contribution in [0.3, 0.4) is 0 Å². The molecule has 100 valence electrons. The molecule has 0 bridgehead atoms. The number of Topliss-reactive ketones (excluding diaryl/α,β-unsaturated/α-hetero) is 1. The summed E-state index contributed by atoms with van der Waals surface area (Å²) in [5.74, 6) is 0.471. The normalized spacial score (nSPS) is 24.3. The van der Waals surface area contributed by atoms with Gasteiger partial charge in [0.05, 0.1) is 0 Å². The van der Waals surface area contributed by atoms with Crippen molar-refractivity contribution in [3.05, 3.63) is 0 Å². The summed E-state index contributed by atoms with van der Waals surface area (Å²) in [4.78, 5) is 12.5. The lowest BCUT2D eigenvalue weighted by atomic mass is 9.68. The van der Waals surface area contributed by atoms with Gasteiger partial charge >= 0.3 is 0 Å². The van der Waals surface area contributed by atoms with Crippen LogP contribution in [-0.4, -0.2) is 18.5 Å². The average molecular weight is 240 g/mol. The van der Waals surface area contributed by atoms with E-state index in [9.17, 15) is 4.79 Å². The van der Waals surface area contributed by atoms with E-state index < -0.39 is 5.60 Å². The van der Waals surface area contributed by atoms with Gasteiger partial charge in [0.25, 0.3) is 0 Å². The molecule has 0 aromatic rings. The van der Waals surface area contributed by atoms with Gasteiger partial charge in [-0.1, -0.05) is 34.1 Å². The van der Waals surface area contributed by atoms with Crippen molar-refractivity contribution in [3.63, 3.8) is 0 Å². The predicted molar refractivity (Wildman–Crippen MR) is 71.1 cm³/mol. The van der Waals surface area contributed by atoms with Crippen LogP contribution < -0.4 is 0 Å². The highest BCUT2D eigenvalue weighted by Crippen LogP contribution is 2.43. The van der Waals surface area contributed by atoms with E-state index in [4.69, 9.17) is 4.74 Å². The molecule has 0 aliphatic heterocycles. The third kappa shape index (κ3) is 3.31. The van der Waals surface area contributed by atoms with E-state index in [1.165, 1.54) is 0 Å². The van der Waals surface area contributed by atoms with Gasteiger partial charge in [-0.2, -0.15) is 0 Å². The molecular weight excluding hydrogens is 212 g/mol. The van der Waals surface area contributed by atoms with Crippen molar-refractivity contribution in [2.75, 3.05) is 7.11 Å². The van der Waals surface area contributed by atoms with Gasteiger partial charge in [-0.3, -0.25) is 4.79 Å². The standard InChI is InChI=1S/C15H28O2/c1-6-7-12(2)13(16)15(17-5)10-8-14(3,4)9-11-15/h12H,6-11H2,1-5H3. The van der Waals surface area contributed by atoms with Crippen LogP contribution >= 0.6 is 0 Å². The fraction of sp³-hybridized carbons (Fsp3) is 0.933. The maximum atomic E-state index is 12.5. The van der Waals surface area contributed by atoms with E-state index in [0.29, 0.717) is 11.2 Å². The molecule has 2 heteroatoms. The SMILES string of the molecule is CCCC(C)C(=O)C1(OC)CCC(C)(C)CC1. The van der Waals surface area contributed by atoms with E-state index in [1.807, 2.05) is 6.92 Å². The first-order chi connectivity index (χ1) is 7.87. The predicted octanol–water partition coefficient (Wildman–Crippen LogP) is 3.98. The van der Waals surface area contributed by atoms with E-state index in [0.717, 1.165) is 38.5 Å². The molecule has 0 aromatic heterocycles. The zero-order chi connectivity index (χ0) is 13.1. The number of carbonyl (C=O) groups excluding carboxylic acids is 1. The number of rotatable bonds is 5. The minimum absolute atomic E-state index is 0.140. The van der Waals surface area contributed by atoms with Crippen LogP contribution in [0.15, 0.2) is 0 Å². The second-order valence-corrected chi connectivity index (χ2v) is 6.42. The summed E-state index contributed by atoms with van der Waals surface area (Å²) < 4.78 is 5.65. The molecule has 2 nitrogen and oxygen atoms in total. The summed E-state index contributed by atoms with van der Waals surface area (Å²) in [6.45, 7) is 8.75. The molecule has 17 heavy (non-hydrogen) atoms. The Labute approximate surface area is 106 Å². The zero-order valence-electron chi connectivity index (χ0n) is 12.1. The van der Waals surface area contributed by atoms with Gasteiger partial charge in [-0.05, 0) is 37.5 Å². The first kappa shape index (κ1) is 14.7. The Bertz CT molecular complexity index is 258. The molecule has 1 aliphatic rings. The summed E-state index contributed by atoms with van der Waals surface area (Å²) in [5.41, 5.74) is -0.111. The highest BCUT2D eigenvalue weighted by molar-refractivity contribution is 5.89. The molecule has 0 radical (unpaired) electrons. The summed E-state index contributed by atoms with van der Waals surface area (Å²) in [5, 5.41) is 0. The molecule has 0 saturated heterocycles. The van der Waals surface area contributed by atoms with Gasteiger partial charge in [0, 0.05) is 13.0 Å². The molecular formula is C15H28O2. The number of hydrogen-bond donors (Lipinski definition) is 0. The fourth-order valence-electron chi connectivity index (χ4n) is 2.89. The van der Waals surface area contributed by atoms with E-state index >= 15 is 0 Å². The highest BCUT2D eigenvalue weighted by atomic mass is 16.5. The van der Waals surface area contributed by atoms with Crippen molar-refractivity contribution in [2.24, 2.45) is 11.3 Å². The van der Waals surface area contributed by atoms with Crippen molar-refractivity contribution in [2.45, 2.75) is 71.8 Å². The Morgan fingerprint density at radius 2 is 1.76 bits per heavy atom. The molecule has 0 heterocycles. The van der Waals surface area contributed by atoms with Gasteiger partial charge in [-0.25, -0.2) is 0 Å². The van der Waals surface area contributed by atoms with Crippen molar-refractivity contribution in [1.29, 1.82) is 0 Å². The second kappa shape index (κ2) is 5.51. The minimum atomic E-state index is -0.482. The Morgan fingerprint density at radius 1 is 1.24 bits per heavy atom. The molecule has 1 aliphatic carbocycles. The lowest BCUT2D eigenvalue weighted by Crippen LogP contribution is -2.48. The third-order valence-electron chi connectivity index (χ3n) is 4.42. The van der Waals surface area contributed by atoms with Crippen LogP contribution in [0, 0.1) is 11.3 Å². The third-order valence-corrected chi connectivity index (χ3v) is 4.42. The smallest absolute Gasteiger partial charge is 0.167 e. The Balaban J connectivity index is 2.73. The van der Waals surface area contributed by atoms with Crippen LogP contribution in [0.4, 0.5) is 0 Å². The fourth-order valence-corrected chi connectivity index (χ4v) is 2.89. The molecule has 1 unspecified atom stereocenters. The monoisotopic (exact) mass is 240 g/mol. The molecule has 1 saturated carbocycles. The summed E-state index contributed by atoms with van der Waals surface area (Å²) >= 11 is 0. The first-order valence-electron chi connectivity index (χ1n) is 6.96. The Kier molecular flexibility index (Phi) is 4.77. The number of ether oxygens (including phenoxy) is 1. The van der Waals surface area contributed by atoms with Crippen LogP contribution in [-0.2, 0) is 9.53 Å². The largest absolute Gasteiger partial charge is 0.370 e. The van der Waals surface area contributed by atoms with Gasteiger partial charge < -0.3 is 4.74 Å². The van der Waals surface area contributed by atoms with Crippen LogP contribution in [0.25, 0.3) is 0 Å². The van der Waals surface area contributed by atoms with Gasteiger partial charge in [-0.15, -0.1) is 0 Å². The number of carbonyl (C=O) groups is 1. The molecule has 1 rings (SSSR count). The van der Waals surface area contributed by atoms with Crippen LogP contribution in [0.2, 0.25) is 0 Å². The first-order valence-corrected chi connectivity index (χ1v) is 6.96. The van der Waals surface area contributed by atoms with Gasteiger partial charge in [0.1, 0.15) is 5.60 Å². The number of hydrogen-bond acceptors (Lipinski definition) is 2. The zero-order valence-corrected chi connectivity index (χ0v) is 12.1. The Morgan fingerprint density at radius 3 is 2.18 bits per heavy atom. The van der Waals surface area contributed by atoms with Crippen LogP contribution in [0.1, 0.15) is 66.2 Å². The number of ketones is 1. The van der Waals surface area contributed by atoms with Crippen molar-refractivity contribution in [3.8, 4) is 0 Å². The summed E-state index contributed by atoms with van der Waals surface area (Å²) in [6.07, 6.45) is 6.01. The Hall–Kier alpha value is -0.370. The average Bonchev–Trinajstić information content (AvgIpc) is 2.29. The highest BCUT2D eigenvalue weighted by Gasteiger charge is 2.45. The summed E-state index contributed by atoms with van der Waals surface area (Å²) in [7, 11) is 1.70. The van der Waals surface area contributed by atoms with Gasteiger partial charge in [0.2, 0.25) is 0 Å². The second-order valence-electron chi connectivity index (χ2n) is 6.42. The molecule has 0 N–H and O–H groups in total. The topological polar surface area (TPSA) is 26.3 Å². The molecule has 0 aromatic carbocycles. The van der Waals surface area contributed by atoms with Crippen molar-refractivity contribution in [1.82, 2.24) is 0 Å². The molecule has 0 spiro atoms. The maximum Gasteiger partial charge on any atom is 0.167 e. The lowest BCUT2D eigenvalue weighted by Gasteiger charge is -2.42. The maximum absolute atomic E-state index is 12.5. The van der Waals surface area contributed by atoms with E-state index in [1.54, 1.807) is 7.11 Å². The van der Waals surface area contributed by atoms with E-state index in [2.05, 4.69) is 20.8 Å². The van der Waals surface area contributed by atoms with Gasteiger partial charge in [0.15, 0.2) is 5.78 Å². The minimum Gasteiger partial charge on any atom is -0.370 e. The van der Waals surface area contributed by atoms with Crippen molar-refractivity contribution < 1.29 is 9.53 Å². The lowest BCUT2D eigenvalue weighted by molar-refractivity contribution is -0.152.